The number of benzene rings is 2. The van der Waals surface area contributed by atoms with Gasteiger partial charge in [0.25, 0.3) is 0 Å². The van der Waals surface area contributed by atoms with Gasteiger partial charge >= 0.3 is 0 Å². The summed E-state index contributed by atoms with van der Waals surface area (Å²) >= 11 is 6.77. The summed E-state index contributed by atoms with van der Waals surface area (Å²) in [5.41, 5.74) is 8.44. The van der Waals surface area contributed by atoms with Crippen molar-refractivity contribution in [3.05, 3.63) is 76.6 Å². The maximum Gasteiger partial charge on any atom is 0.0957 e. The summed E-state index contributed by atoms with van der Waals surface area (Å²) in [4.78, 5) is 4.74. The number of allylic oxidation sites excluding steroid dienone is 1. The zero-order valence-electron chi connectivity index (χ0n) is 28.9. The number of halogens is 1. The minimum absolute atomic E-state index is 0.188. The third kappa shape index (κ3) is 10.3. The van der Waals surface area contributed by atoms with E-state index in [4.69, 9.17) is 16.6 Å². The van der Waals surface area contributed by atoms with Crippen molar-refractivity contribution in [3.8, 4) is 0 Å². The van der Waals surface area contributed by atoms with Gasteiger partial charge in [0.1, 0.15) is 0 Å². The lowest BCUT2D eigenvalue weighted by Crippen LogP contribution is -2.42. The van der Waals surface area contributed by atoms with Gasteiger partial charge in [-0.25, -0.2) is 0 Å². The van der Waals surface area contributed by atoms with Gasteiger partial charge in [0.2, 0.25) is 0 Å². The molecule has 1 unspecified atom stereocenters. The van der Waals surface area contributed by atoms with E-state index < -0.39 is 0 Å². The minimum atomic E-state index is 0.188. The van der Waals surface area contributed by atoms with Gasteiger partial charge in [-0.05, 0) is 102 Å². The highest BCUT2D eigenvalue weighted by Gasteiger charge is 2.40. The molecule has 2 aromatic carbocycles. The molecule has 0 aromatic heterocycles. The van der Waals surface area contributed by atoms with Crippen LogP contribution in [0.4, 0.5) is 11.4 Å². The summed E-state index contributed by atoms with van der Waals surface area (Å²) in [7, 11) is 0. The average molecular weight is 606 g/mol. The van der Waals surface area contributed by atoms with Crippen LogP contribution in [0, 0.1) is 16.7 Å². The lowest BCUT2D eigenvalue weighted by Gasteiger charge is -2.46. The van der Waals surface area contributed by atoms with Crippen LogP contribution in [0.25, 0.3) is 5.57 Å². The Morgan fingerprint density at radius 1 is 0.977 bits per heavy atom. The van der Waals surface area contributed by atoms with Crippen LogP contribution in [-0.2, 0) is 19.3 Å². The van der Waals surface area contributed by atoms with Gasteiger partial charge in [0, 0.05) is 18.3 Å². The third-order valence-corrected chi connectivity index (χ3v) is 10.2. The van der Waals surface area contributed by atoms with Gasteiger partial charge in [-0.15, -0.1) is 0 Å². The lowest BCUT2D eigenvalue weighted by molar-refractivity contribution is 0.0397. The predicted molar refractivity (Wildman–Crippen MR) is 194 cm³/mol. The monoisotopic (exact) mass is 605 g/mol. The Morgan fingerprint density at radius 2 is 1.70 bits per heavy atom. The number of aliphatic imine (C=N–C) groups is 1. The van der Waals surface area contributed by atoms with Crippen LogP contribution in [0.1, 0.15) is 123 Å². The number of rotatable bonds is 19. The molecule has 1 atom stereocenters. The maximum atomic E-state index is 6.77. The first kappa shape index (κ1) is 36.7. The van der Waals surface area contributed by atoms with E-state index in [0.29, 0.717) is 17.4 Å². The first-order valence-electron chi connectivity index (χ1n) is 16.6. The van der Waals surface area contributed by atoms with Crippen molar-refractivity contribution in [1.82, 2.24) is 5.32 Å². The van der Waals surface area contributed by atoms with Crippen LogP contribution in [0.3, 0.4) is 0 Å². The van der Waals surface area contributed by atoms with E-state index >= 15 is 0 Å². The molecule has 0 aliphatic heterocycles. The second-order valence-corrected chi connectivity index (χ2v) is 13.9. The fraction of sp³-hybridized carbons (Fsp3) is 0.564. The van der Waals surface area contributed by atoms with Crippen molar-refractivity contribution < 1.29 is 0 Å². The standard InChI is InChI=1S/C39H60ClN3/c1-12-16-17-18-19-33-26-37(41-15-4)34(25-32(33)14-3)28(5)23-31-20-21-36(35(40)24-31)43-30(7)42-27-29(6)39(10,11)38(8,9)22-13-2/h15,20-21,24-26,29,42-43H,5,7,12-14,16-19,22-23,27H2,1-4,6,8-11H3. The molecule has 0 spiro atoms. The molecule has 0 heterocycles. The zero-order chi connectivity index (χ0) is 32.2. The molecule has 0 fully saturated rings. The first-order chi connectivity index (χ1) is 20.3. The van der Waals surface area contributed by atoms with Gasteiger partial charge in [-0.1, -0.05) is 112 Å². The highest BCUT2D eigenvalue weighted by Crippen LogP contribution is 2.47. The molecule has 0 saturated carbocycles. The van der Waals surface area contributed by atoms with Crippen LogP contribution in [0.15, 0.2) is 54.3 Å². The molecule has 4 heteroatoms. The topological polar surface area (TPSA) is 36.4 Å². The molecule has 0 bridgehead atoms. The molecule has 43 heavy (non-hydrogen) atoms. The number of aryl methyl sites for hydroxylation is 2. The normalized spacial score (nSPS) is 12.9. The van der Waals surface area contributed by atoms with Crippen molar-refractivity contribution in [2.75, 3.05) is 11.9 Å². The largest absolute Gasteiger partial charge is 0.372 e. The average Bonchev–Trinajstić information content (AvgIpc) is 2.95. The van der Waals surface area contributed by atoms with E-state index in [1.165, 1.54) is 49.7 Å². The second kappa shape index (κ2) is 17.1. The molecular weight excluding hydrogens is 546 g/mol. The van der Waals surface area contributed by atoms with E-state index in [-0.39, 0.29) is 10.8 Å². The quantitative estimate of drug-likeness (QED) is 0.123. The molecule has 2 rings (SSSR count). The van der Waals surface area contributed by atoms with E-state index in [1.807, 2.05) is 25.3 Å². The number of unbranched alkanes of at least 4 members (excludes halogenated alkanes) is 3. The van der Waals surface area contributed by atoms with Crippen molar-refractivity contribution >= 4 is 34.8 Å². The van der Waals surface area contributed by atoms with Gasteiger partial charge in [-0.2, -0.15) is 0 Å². The summed E-state index contributed by atoms with van der Waals surface area (Å²) in [5, 5.41) is 7.57. The van der Waals surface area contributed by atoms with Gasteiger partial charge in [-0.3, -0.25) is 4.99 Å². The Bertz CT molecular complexity index is 1240. The van der Waals surface area contributed by atoms with Crippen molar-refractivity contribution in [3.63, 3.8) is 0 Å². The Morgan fingerprint density at radius 3 is 2.30 bits per heavy atom. The van der Waals surface area contributed by atoms with E-state index in [1.54, 1.807) is 0 Å². The highest BCUT2D eigenvalue weighted by atomic mass is 35.5. The smallest absolute Gasteiger partial charge is 0.0957 e. The molecule has 0 amide bonds. The SMILES string of the molecule is C=C(NCC(C)C(C)(C)C(C)(C)CCC)Nc1ccc(CC(=C)c2cc(CC)c(CCCCCC)cc2N=CC)cc1Cl. The molecule has 3 nitrogen and oxygen atoms in total. The van der Waals surface area contributed by atoms with E-state index in [2.05, 4.69) is 97.4 Å². The number of nitrogens with one attached hydrogen (secondary N) is 2. The number of anilines is 1. The number of hydrogen-bond donors (Lipinski definition) is 2. The van der Waals surface area contributed by atoms with Crippen LogP contribution < -0.4 is 10.6 Å². The number of nitrogens with zero attached hydrogens (tertiary/aromatic N) is 1. The third-order valence-electron chi connectivity index (χ3n) is 9.86. The van der Waals surface area contributed by atoms with Crippen LogP contribution in [0.5, 0.6) is 0 Å². The summed E-state index contributed by atoms with van der Waals surface area (Å²) in [6.07, 6.45) is 12.2. The first-order valence-corrected chi connectivity index (χ1v) is 17.0. The molecule has 2 aromatic rings. The molecular formula is C39H60ClN3. The Balaban J connectivity index is 2.10. The molecule has 0 radical (unpaired) electrons. The Kier molecular flexibility index (Phi) is 14.6. The molecule has 0 aliphatic carbocycles. The Hall–Kier alpha value is -2.52. The summed E-state index contributed by atoms with van der Waals surface area (Å²) in [5.74, 6) is 1.24. The number of hydrogen-bond acceptors (Lipinski definition) is 3. The molecule has 238 valence electrons. The molecule has 0 aliphatic rings. The van der Waals surface area contributed by atoms with E-state index in [9.17, 15) is 0 Å². The second-order valence-electron chi connectivity index (χ2n) is 13.5. The van der Waals surface area contributed by atoms with E-state index in [0.717, 1.165) is 53.3 Å². The van der Waals surface area contributed by atoms with Crippen molar-refractivity contribution in [1.29, 1.82) is 0 Å². The predicted octanol–water partition coefficient (Wildman–Crippen LogP) is 12.0. The van der Waals surface area contributed by atoms with Gasteiger partial charge in [0.05, 0.1) is 22.2 Å². The minimum Gasteiger partial charge on any atom is -0.372 e. The van der Waals surface area contributed by atoms with Crippen molar-refractivity contribution in [2.24, 2.45) is 21.7 Å². The van der Waals surface area contributed by atoms with Gasteiger partial charge in [0.15, 0.2) is 0 Å². The molecule has 0 saturated heterocycles. The van der Waals surface area contributed by atoms with Crippen molar-refractivity contribution in [2.45, 2.75) is 120 Å². The zero-order valence-corrected chi connectivity index (χ0v) is 29.6. The summed E-state index contributed by atoms with van der Waals surface area (Å²) in [6.45, 7) is 30.2. The Labute approximate surface area is 269 Å². The molecule has 2 N–H and O–H groups in total. The summed E-state index contributed by atoms with van der Waals surface area (Å²) < 4.78 is 0. The maximum absolute atomic E-state index is 6.77. The van der Waals surface area contributed by atoms with Gasteiger partial charge < -0.3 is 10.6 Å². The fourth-order valence-corrected chi connectivity index (χ4v) is 6.22. The lowest BCUT2D eigenvalue weighted by atomic mass is 9.60. The van der Waals surface area contributed by atoms with Crippen LogP contribution >= 0.6 is 11.6 Å². The fourth-order valence-electron chi connectivity index (χ4n) is 5.97. The summed E-state index contributed by atoms with van der Waals surface area (Å²) in [6, 6.07) is 10.8. The highest BCUT2D eigenvalue weighted by molar-refractivity contribution is 6.33. The van der Waals surface area contributed by atoms with Crippen LogP contribution in [-0.4, -0.2) is 12.8 Å². The van der Waals surface area contributed by atoms with Crippen LogP contribution in [0.2, 0.25) is 5.02 Å².